The van der Waals surface area contributed by atoms with E-state index >= 15 is 0 Å². The van der Waals surface area contributed by atoms with Crippen molar-refractivity contribution in [1.82, 2.24) is 19.4 Å². The fraction of sp³-hybridized carbons (Fsp3) is 0.370. The molecule has 0 aliphatic carbocycles. The zero-order valence-electron chi connectivity index (χ0n) is 20.3. The third-order valence-corrected chi connectivity index (χ3v) is 7.00. The summed E-state index contributed by atoms with van der Waals surface area (Å²) in [5.74, 6) is -0.422. The highest BCUT2D eigenvalue weighted by atomic mass is 19.1. The van der Waals surface area contributed by atoms with E-state index in [1.165, 1.54) is 12.1 Å². The Bertz CT molecular complexity index is 1380. The van der Waals surface area contributed by atoms with Crippen LogP contribution in [0.2, 0.25) is 0 Å². The molecule has 1 aliphatic rings. The molecular formula is C27H30FN5O2. The number of hydrogen-bond donors (Lipinski definition) is 1. The van der Waals surface area contributed by atoms with Crippen LogP contribution >= 0.6 is 0 Å². The van der Waals surface area contributed by atoms with Crippen molar-refractivity contribution in [3.8, 4) is 5.82 Å². The van der Waals surface area contributed by atoms with E-state index in [4.69, 9.17) is 5.10 Å². The zero-order valence-corrected chi connectivity index (χ0v) is 20.3. The maximum Gasteiger partial charge on any atom is 0.307 e. The van der Waals surface area contributed by atoms with Crippen LogP contribution in [0, 0.1) is 18.2 Å². The van der Waals surface area contributed by atoms with Crippen molar-refractivity contribution in [2.45, 2.75) is 46.5 Å². The minimum absolute atomic E-state index is 0.0261. The molecule has 0 atom stereocenters. The Morgan fingerprint density at radius 1 is 1.11 bits per heavy atom. The average molecular weight is 476 g/mol. The van der Waals surface area contributed by atoms with Crippen LogP contribution in [0.5, 0.6) is 0 Å². The molecule has 0 saturated carbocycles. The van der Waals surface area contributed by atoms with Gasteiger partial charge in [-0.05, 0) is 59.6 Å². The summed E-state index contributed by atoms with van der Waals surface area (Å²) in [7, 11) is 0. The first-order valence-electron chi connectivity index (χ1n) is 12.0. The van der Waals surface area contributed by atoms with E-state index in [0.29, 0.717) is 12.2 Å². The minimum Gasteiger partial charge on any atom is -0.481 e. The van der Waals surface area contributed by atoms with E-state index < -0.39 is 5.97 Å². The number of carbonyl (C=O) groups is 1. The van der Waals surface area contributed by atoms with Crippen molar-refractivity contribution in [3.63, 3.8) is 0 Å². The monoisotopic (exact) mass is 475 g/mol. The Kier molecular flexibility index (Phi) is 5.83. The molecule has 5 rings (SSSR count). The lowest BCUT2D eigenvalue weighted by atomic mass is 9.82. The van der Waals surface area contributed by atoms with Crippen molar-refractivity contribution in [2.24, 2.45) is 5.41 Å². The highest BCUT2D eigenvalue weighted by Crippen LogP contribution is 2.37. The molecule has 0 bridgehead atoms. The second-order valence-electron chi connectivity index (χ2n) is 10.3. The van der Waals surface area contributed by atoms with E-state index in [0.717, 1.165) is 59.4 Å². The lowest BCUT2D eigenvalue weighted by molar-refractivity contribution is -0.136. The van der Waals surface area contributed by atoms with E-state index in [2.05, 4.69) is 23.8 Å². The summed E-state index contributed by atoms with van der Waals surface area (Å²) in [5.41, 5.74) is 5.88. The van der Waals surface area contributed by atoms with Gasteiger partial charge in [-0.25, -0.2) is 13.6 Å². The number of fused-ring (bicyclic) bond motifs is 1. The molecule has 182 valence electrons. The first kappa shape index (κ1) is 23.1. The van der Waals surface area contributed by atoms with Crippen molar-refractivity contribution in [3.05, 3.63) is 77.0 Å². The molecule has 8 heteroatoms. The Hall–Kier alpha value is -3.68. The second kappa shape index (κ2) is 8.83. The minimum atomic E-state index is -0.840. The third kappa shape index (κ3) is 4.78. The number of pyridine rings is 1. The highest BCUT2D eigenvalue weighted by Gasteiger charge is 2.29. The molecule has 7 nitrogen and oxygen atoms in total. The highest BCUT2D eigenvalue weighted by molar-refractivity contribution is 5.83. The van der Waals surface area contributed by atoms with Crippen LogP contribution in [-0.2, 0) is 17.6 Å². The van der Waals surface area contributed by atoms with Crippen molar-refractivity contribution in [2.75, 3.05) is 18.0 Å². The predicted molar refractivity (Wildman–Crippen MR) is 133 cm³/mol. The molecule has 1 N–H and O–H groups in total. The van der Waals surface area contributed by atoms with Crippen LogP contribution in [0.3, 0.4) is 0 Å². The van der Waals surface area contributed by atoms with Gasteiger partial charge >= 0.3 is 5.97 Å². The summed E-state index contributed by atoms with van der Waals surface area (Å²) in [6.07, 6.45) is 8.34. The Balaban J connectivity index is 1.52. The summed E-state index contributed by atoms with van der Waals surface area (Å²) < 4.78 is 16.8. The van der Waals surface area contributed by atoms with E-state index in [-0.39, 0.29) is 17.7 Å². The van der Waals surface area contributed by atoms with E-state index in [1.807, 2.05) is 29.9 Å². The Morgan fingerprint density at radius 2 is 1.83 bits per heavy atom. The number of benzene rings is 1. The molecule has 4 heterocycles. The second-order valence-corrected chi connectivity index (χ2v) is 10.3. The normalized spacial score (nSPS) is 15.6. The molecular weight excluding hydrogens is 445 g/mol. The predicted octanol–water partition coefficient (Wildman–Crippen LogP) is 4.81. The molecule has 1 aromatic carbocycles. The Morgan fingerprint density at radius 3 is 2.51 bits per heavy atom. The number of anilines is 1. The van der Waals surface area contributed by atoms with Gasteiger partial charge in [-0.3, -0.25) is 4.79 Å². The summed E-state index contributed by atoms with van der Waals surface area (Å²) in [4.78, 5) is 14.0. The van der Waals surface area contributed by atoms with E-state index in [9.17, 15) is 14.3 Å². The summed E-state index contributed by atoms with van der Waals surface area (Å²) in [5, 5.41) is 18.9. The van der Waals surface area contributed by atoms with Gasteiger partial charge in [-0.15, -0.1) is 5.10 Å². The van der Waals surface area contributed by atoms with Gasteiger partial charge in [0.05, 0.1) is 23.8 Å². The van der Waals surface area contributed by atoms with Crippen LogP contribution in [0.15, 0.2) is 48.9 Å². The van der Waals surface area contributed by atoms with Gasteiger partial charge < -0.3 is 10.0 Å². The quantitative estimate of drug-likeness (QED) is 0.433. The molecule has 0 spiro atoms. The van der Waals surface area contributed by atoms with Gasteiger partial charge in [0, 0.05) is 38.0 Å². The number of halogens is 1. The maximum atomic E-state index is 13.2. The van der Waals surface area contributed by atoms with Crippen molar-refractivity contribution >= 4 is 17.2 Å². The fourth-order valence-electron chi connectivity index (χ4n) is 4.85. The number of nitrogens with zero attached hydrogens (tertiary/aromatic N) is 5. The van der Waals surface area contributed by atoms with Gasteiger partial charge in [0.25, 0.3) is 0 Å². The van der Waals surface area contributed by atoms with Crippen LogP contribution in [-0.4, -0.2) is 43.6 Å². The van der Waals surface area contributed by atoms with E-state index in [1.54, 1.807) is 23.0 Å². The van der Waals surface area contributed by atoms with Crippen molar-refractivity contribution in [1.29, 1.82) is 0 Å². The van der Waals surface area contributed by atoms with Gasteiger partial charge in [0.1, 0.15) is 5.82 Å². The Labute approximate surface area is 203 Å². The van der Waals surface area contributed by atoms with Crippen molar-refractivity contribution < 1.29 is 14.3 Å². The zero-order chi connectivity index (χ0) is 24.7. The first-order valence-corrected chi connectivity index (χ1v) is 12.0. The van der Waals surface area contributed by atoms with Crippen LogP contribution < -0.4 is 4.90 Å². The van der Waals surface area contributed by atoms with Gasteiger partial charge in [0.2, 0.25) is 0 Å². The first-order chi connectivity index (χ1) is 16.7. The largest absolute Gasteiger partial charge is 0.481 e. The number of aromatic nitrogens is 4. The third-order valence-electron chi connectivity index (χ3n) is 7.00. The number of carboxylic acid groups (broad SMARTS) is 1. The number of aryl methyl sites for hydroxylation is 1. The molecule has 0 radical (unpaired) electrons. The summed E-state index contributed by atoms with van der Waals surface area (Å²) in [6, 6.07) is 8.45. The molecule has 35 heavy (non-hydrogen) atoms. The van der Waals surface area contributed by atoms with Crippen LogP contribution in [0.25, 0.3) is 11.3 Å². The summed E-state index contributed by atoms with van der Waals surface area (Å²) >= 11 is 0. The topological polar surface area (TPSA) is 75.7 Å². The lowest BCUT2D eigenvalue weighted by Crippen LogP contribution is -2.38. The molecule has 1 saturated heterocycles. The molecule has 0 amide bonds. The summed E-state index contributed by atoms with van der Waals surface area (Å²) in [6.45, 7) is 8.27. The lowest BCUT2D eigenvalue weighted by Gasteiger charge is -2.39. The molecule has 1 fully saturated rings. The van der Waals surface area contributed by atoms with Crippen LogP contribution in [0.1, 0.15) is 48.9 Å². The average Bonchev–Trinajstić information content (AvgIpc) is 3.43. The maximum absolute atomic E-state index is 13.2. The standard InChI is InChI=1S/C27H30FN5O2/c1-18-16-32-23(26(22(18)13-25(34)35)31-10-8-27(2,3)9-11-31)14-24(30-32)33-17-20(15-29-33)12-19-4-6-21(28)7-5-19/h4-7,14-17H,8-13H2,1-3H3,(H,34,35). The SMILES string of the molecule is Cc1cn2nc(-n3cc(Cc4ccc(F)cc4)cn3)cc2c(N2CCC(C)(C)CC2)c1CC(=O)O. The molecule has 4 aromatic rings. The molecule has 1 aliphatic heterocycles. The number of piperidine rings is 1. The molecule has 0 unspecified atom stereocenters. The van der Waals surface area contributed by atoms with Gasteiger partial charge in [-0.2, -0.15) is 5.10 Å². The number of rotatable bonds is 6. The fourth-order valence-corrected chi connectivity index (χ4v) is 4.85. The number of hydrogen-bond acceptors (Lipinski definition) is 4. The number of carboxylic acids is 1. The van der Waals surface area contributed by atoms with Crippen LogP contribution in [0.4, 0.5) is 10.1 Å². The van der Waals surface area contributed by atoms with Gasteiger partial charge in [0.15, 0.2) is 5.82 Å². The van der Waals surface area contributed by atoms with Gasteiger partial charge in [-0.1, -0.05) is 26.0 Å². The molecule has 3 aromatic heterocycles. The smallest absolute Gasteiger partial charge is 0.307 e. The number of aliphatic carboxylic acids is 1.